The highest BCUT2D eigenvalue weighted by Crippen LogP contribution is 2.23. The fourth-order valence-electron chi connectivity index (χ4n) is 1.37. The summed E-state index contributed by atoms with van der Waals surface area (Å²) < 4.78 is 13.2. The molecule has 0 fully saturated rings. The maximum atomic E-state index is 13.2. The van der Waals surface area contributed by atoms with Crippen LogP contribution in [0.3, 0.4) is 0 Å². The summed E-state index contributed by atoms with van der Waals surface area (Å²) in [6.07, 6.45) is 1.40. The van der Waals surface area contributed by atoms with Gasteiger partial charge in [0.1, 0.15) is 5.82 Å². The van der Waals surface area contributed by atoms with Gasteiger partial charge in [-0.1, -0.05) is 17.7 Å². The molecule has 0 aliphatic heterocycles. The van der Waals surface area contributed by atoms with E-state index in [0.29, 0.717) is 12.0 Å². The van der Waals surface area contributed by atoms with Crippen molar-refractivity contribution in [2.75, 3.05) is 0 Å². The summed E-state index contributed by atoms with van der Waals surface area (Å²) in [5.41, 5.74) is 2.22. The maximum Gasteiger partial charge on any atom is 0.142 e. The Morgan fingerprint density at radius 3 is 2.94 bits per heavy atom. The number of aliphatic hydroxyl groups excluding tert-OH is 1. The second-order valence-corrected chi connectivity index (χ2v) is 4.74. The smallest absolute Gasteiger partial charge is 0.142 e. The molecule has 0 spiro atoms. The third kappa shape index (κ3) is 2.58. The average Bonchev–Trinajstić information content (AvgIpc) is 2.74. The van der Waals surface area contributed by atoms with Crippen molar-refractivity contribution >= 4 is 22.9 Å². The Kier molecular flexibility index (Phi) is 3.53. The molecule has 2 aromatic rings. The third-order valence-electron chi connectivity index (χ3n) is 2.21. The number of nitrogens with zero attached hydrogens (tertiary/aromatic N) is 1. The van der Waals surface area contributed by atoms with Crippen LogP contribution in [0.4, 0.5) is 4.39 Å². The van der Waals surface area contributed by atoms with Crippen molar-refractivity contribution in [3.05, 3.63) is 51.2 Å². The van der Waals surface area contributed by atoms with Gasteiger partial charge in [-0.05, 0) is 17.7 Å². The predicted molar refractivity (Wildman–Crippen MR) is 62.2 cm³/mol. The Bertz CT molecular complexity index is 475. The van der Waals surface area contributed by atoms with Gasteiger partial charge in [0.15, 0.2) is 0 Å². The molecule has 0 aliphatic rings. The van der Waals surface area contributed by atoms with Gasteiger partial charge >= 0.3 is 0 Å². The lowest BCUT2D eigenvalue weighted by molar-refractivity contribution is 0.179. The van der Waals surface area contributed by atoms with Gasteiger partial charge in [-0.2, -0.15) is 0 Å². The first-order valence-electron chi connectivity index (χ1n) is 4.67. The van der Waals surface area contributed by atoms with Crippen LogP contribution >= 0.6 is 22.9 Å². The molecule has 1 aromatic heterocycles. The van der Waals surface area contributed by atoms with Gasteiger partial charge in [-0.25, -0.2) is 4.39 Å². The topological polar surface area (TPSA) is 33.1 Å². The molecule has 1 unspecified atom stereocenters. The van der Waals surface area contributed by atoms with E-state index in [4.69, 9.17) is 11.6 Å². The minimum absolute atomic E-state index is 0.0636. The van der Waals surface area contributed by atoms with E-state index >= 15 is 0 Å². The number of halogens is 2. The van der Waals surface area contributed by atoms with Crippen molar-refractivity contribution in [2.24, 2.45) is 0 Å². The Morgan fingerprint density at radius 2 is 2.31 bits per heavy atom. The predicted octanol–water partition coefficient (Wildman–Crippen LogP) is 3.21. The molecule has 0 radical (unpaired) electrons. The highest BCUT2D eigenvalue weighted by molar-refractivity contribution is 7.09. The molecule has 0 amide bonds. The quantitative estimate of drug-likeness (QED) is 0.916. The molecule has 0 aliphatic carbocycles. The zero-order valence-electron chi connectivity index (χ0n) is 8.23. The monoisotopic (exact) mass is 257 g/mol. The number of rotatable bonds is 3. The van der Waals surface area contributed by atoms with Crippen LogP contribution in [0.25, 0.3) is 0 Å². The van der Waals surface area contributed by atoms with Crippen LogP contribution in [0, 0.1) is 5.82 Å². The van der Waals surface area contributed by atoms with E-state index in [1.54, 1.807) is 17.8 Å². The minimum Gasteiger partial charge on any atom is -0.388 e. The molecule has 1 heterocycles. The SMILES string of the molecule is OC(Cc1cncs1)c1ccc(Cl)c(F)c1. The van der Waals surface area contributed by atoms with Crippen molar-refractivity contribution in [3.63, 3.8) is 0 Å². The molecule has 0 saturated heterocycles. The van der Waals surface area contributed by atoms with Gasteiger partial charge in [0.05, 0.1) is 16.6 Å². The molecule has 5 heteroatoms. The van der Waals surface area contributed by atoms with E-state index in [0.717, 1.165) is 4.88 Å². The Morgan fingerprint density at radius 1 is 1.50 bits per heavy atom. The minimum atomic E-state index is -0.729. The van der Waals surface area contributed by atoms with Crippen molar-refractivity contribution in [3.8, 4) is 0 Å². The molecular formula is C11H9ClFNOS. The van der Waals surface area contributed by atoms with Crippen LogP contribution in [0.5, 0.6) is 0 Å². The number of hydrogen-bond acceptors (Lipinski definition) is 3. The lowest BCUT2D eigenvalue weighted by Crippen LogP contribution is -2.01. The van der Waals surface area contributed by atoms with Gasteiger partial charge in [-0.3, -0.25) is 4.98 Å². The number of hydrogen-bond donors (Lipinski definition) is 1. The van der Waals surface area contributed by atoms with E-state index in [1.165, 1.54) is 23.5 Å². The van der Waals surface area contributed by atoms with Crippen molar-refractivity contribution in [2.45, 2.75) is 12.5 Å². The van der Waals surface area contributed by atoms with Crippen LogP contribution in [0.15, 0.2) is 29.9 Å². The van der Waals surface area contributed by atoms with Crippen molar-refractivity contribution in [1.82, 2.24) is 4.98 Å². The van der Waals surface area contributed by atoms with Crippen molar-refractivity contribution < 1.29 is 9.50 Å². The first-order chi connectivity index (χ1) is 7.66. The second kappa shape index (κ2) is 4.91. The van der Waals surface area contributed by atoms with E-state index < -0.39 is 11.9 Å². The van der Waals surface area contributed by atoms with Crippen LogP contribution in [-0.2, 0) is 6.42 Å². The largest absolute Gasteiger partial charge is 0.388 e. The van der Waals surface area contributed by atoms with Crippen molar-refractivity contribution in [1.29, 1.82) is 0 Å². The highest BCUT2D eigenvalue weighted by atomic mass is 35.5. The third-order valence-corrected chi connectivity index (χ3v) is 3.31. The lowest BCUT2D eigenvalue weighted by Gasteiger charge is -2.09. The van der Waals surface area contributed by atoms with E-state index in [9.17, 15) is 9.50 Å². The molecule has 1 atom stereocenters. The summed E-state index contributed by atoms with van der Waals surface area (Å²) in [6, 6.07) is 4.33. The van der Waals surface area contributed by atoms with Crippen LogP contribution in [0.1, 0.15) is 16.5 Å². The van der Waals surface area contributed by atoms with Crippen LogP contribution < -0.4 is 0 Å². The van der Waals surface area contributed by atoms with E-state index in [1.807, 2.05) is 0 Å². The summed E-state index contributed by atoms with van der Waals surface area (Å²) in [6.45, 7) is 0. The Hall–Kier alpha value is -0.970. The fraction of sp³-hybridized carbons (Fsp3) is 0.182. The molecule has 2 rings (SSSR count). The molecule has 0 saturated carbocycles. The van der Waals surface area contributed by atoms with Gasteiger partial charge < -0.3 is 5.11 Å². The Labute approximate surface area is 101 Å². The highest BCUT2D eigenvalue weighted by Gasteiger charge is 2.11. The van der Waals surface area contributed by atoms with E-state index in [-0.39, 0.29) is 5.02 Å². The molecule has 1 N–H and O–H groups in total. The molecular weight excluding hydrogens is 249 g/mol. The zero-order chi connectivity index (χ0) is 11.5. The summed E-state index contributed by atoms with van der Waals surface area (Å²) in [5.74, 6) is -0.512. The maximum absolute atomic E-state index is 13.2. The summed E-state index contributed by atoms with van der Waals surface area (Å²) in [5, 5.41) is 9.94. The summed E-state index contributed by atoms with van der Waals surface area (Å²) in [7, 11) is 0. The van der Waals surface area contributed by atoms with Gasteiger partial charge in [-0.15, -0.1) is 11.3 Å². The lowest BCUT2D eigenvalue weighted by atomic mass is 10.1. The normalized spacial score (nSPS) is 12.7. The second-order valence-electron chi connectivity index (χ2n) is 3.36. The molecule has 16 heavy (non-hydrogen) atoms. The standard InChI is InChI=1S/C11H9ClFNOS/c12-9-2-1-7(3-10(9)13)11(15)4-8-5-14-6-16-8/h1-3,5-6,11,15H,4H2. The number of aliphatic hydroxyl groups is 1. The first-order valence-corrected chi connectivity index (χ1v) is 5.93. The Balaban J connectivity index is 2.14. The average molecular weight is 258 g/mol. The van der Waals surface area contributed by atoms with Crippen LogP contribution in [-0.4, -0.2) is 10.1 Å². The van der Waals surface area contributed by atoms with Gasteiger partial charge in [0.2, 0.25) is 0 Å². The molecule has 0 bridgehead atoms. The fourth-order valence-corrected chi connectivity index (χ4v) is 2.12. The molecule has 1 aromatic carbocycles. The van der Waals surface area contributed by atoms with Gasteiger partial charge in [0, 0.05) is 17.5 Å². The number of aromatic nitrogens is 1. The zero-order valence-corrected chi connectivity index (χ0v) is 9.80. The summed E-state index contributed by atoms with van der Waals surface area (Å²) >= 11 is 7.03. The van der Waals surface area contributed by atoms with Gasteiger partial charge in [0.25, 0.3) is 0 Å². The number of benzene rings is 1. The van der Waals surface area contributed by atoms with Crippen LogP contribution in [0.2, 0.25) is 5.02 Å². The first kappa shape index (κ1) is 11.5. The summed E-state index contributed by atoms with van der Waals surface area (Å²) in [4.78, 5) is 4.87. The van der Waals surface area contributed by atoms with E-state index in [2.05, 4.69) is 4.98 Å². The molecule has 84 valence electrons. The molecule has 2 nitrogen and oxygen atoms in total. The number of thiazole rings is 1.